The van der Waals surface area contributed by atoms with E-state index in [4.69, 9.17) is 0 Å². The third kappa shape index (κ3) is 3.92. The largest absolute Gasteiger partial charge is 0.355 e. The Kier molecular flexibility index (Phi) is 6.21. The van der Waals surface area contributed by atoms with E-state index in [-0.39, 0.29) is 0 Å². The summed E-state index contributed by atoms with van der Waals surface area (Å²) < 4.78 is 0. The predicted molar refractivity (Wildman–Crippen MR) is 262 cm³/mol. The highest BCUT2D eigenvalue weighted by molar-refractivity contribution is 6.71. The second-order valence-electron chi connectivity index (χ2n) is 23.5. The zero-order valence-electron chi connectivity index (χ0n) is 36.9. The Morgan fingerprint density at radius 1 is 0.625 bits per heavy atom. The Morgan fingerprint density at radius 2 is 1.44 bits per heavy atom. The predicted octanol–water partition coefficient (Wildman–Crippen LogP) is 13.3. The van der Waals surface area contributed by atoms with Crippen LogP contribution in [0.2, 0.25) is 0 Å². The molecule has 11 aliphatic rings. The van der Waals surface area contributed by atoms with Gasteiger partial charge in [0.15, 0.2) is 7.28 Å². The molecule has 7 aromatic rings. The topological polar surface area (TPSA) is 12.0 Å². The molecule has 8 atom stereocenters. The van der Waals surface area contributed by atoms with Gasteiger partial charge in [-0.25, -0.2) is 0 Å². The zero-order valence-corrected chi connectivity index (χ0v) is 36.9. The minimum atomic E-state index is 0.342. The zero-order chi connectivity index (χ0) is 41.5. The number of benzene rings is 7. The lowest BCUT2D eigenvalue weighted by atomic mass is 9.25. The first kappa shape index (κ1) is 35.0. The molecule has 0 amide bonds. The van der Waals surface area contributed by atoms with Crippen molar-refractivity contribution >= 4 is 40.4 Å². The van der Waals surface area contributed by atoms with Gasteiger partial charge in [0.1, 0.15) is 0 Å². The summed E-state index contributed by atoms with van der Waals surface area (Å²) in [5.41, 5.74) is 25.2. The lowest BCUT2D eigenvalue weighted by molar-refractivity contribution is -0.252. The molecular formula is C62H53BN. The van der Waals surface area contributed by atoms with Crippen LogP contribution in [-0.2, 0) is 17.3 Å². The average Bonchev–Trinajstić information content (AvgIpc) is 3.95. The van der Waals surface area contributed by atoms with Gasteiger partial charge in [0.25, 0.3) is 0 Å². The lowest BCUT2D eigenvalue weighted by Gasteiger charge is -2.79. The molecule has 8 unspecified atom stereocenters. The Bertz CT molecular complexity index is 3240. The number of rotatable bonds is 6. The highest BCUT2D eigenvalue weighted by Crippen LogP contribution is 2.91. The third-order valence-electron chi connectivity index (χ3n) is 21.6. The Morgan fingerprint density at radius 3 is 2.25 bits per heavy atom. The van der Waals surface area contributed by atoms with E-state index in [2.05, 4.69) is 153 Å². The standard InChI is InChI=1S/C62H53BN/c1-34-19-51-49-22-38-11-15-40(59-29-43-23-42-24-44(30-59)61(42,43)33-59)25-48(38)50-26-41(60-31-45-21-39-28-62(45,60)53(39)32-60)27-54(56(49)50)63-58(51)52(20-34)57-47-10-6-5-9-37(47)14-18-55(57)64-46-16-12-36(13-17-46)35-7-3-2-4-8-35/h2-20,25-27,39,42-45,49,53,64H,21-24,28-33H2,1H3. The maximum Gasteiger partial charge on any atom is 0.193 e. The Hall–Kier alpha value is -5.34. The van der Waals surface area contributed by atoms with Gasteiger partial charge in [-0.3, -0.25) is 0 Å². The fourth-order valence-corrected chi connectivity index (χ4v) is 19.2. The molecular weight excluding hydrogens is 770 g/mol. The van der Waals surface area contributed by atoms with Crippen molar-refractivity contribution in [2.75, 3.05) is 5.32 Å². The van der Waals surface area contributed by atoms with Gasteiger partial charge in [0.05, 0.1) is 0 Å². The Balaban J connectivity index is 0.832. The molecule has 10 aliphatic carbocycles. The smallest absolute Gasteiger partial charge is 0.193 e. The molecule has 4 bridgehead atoms. The number of hydrogen-bond acceptors (Lipinski definition) is 1. The molecule has 1 heterocycles. The molecule has 0 aromatic heterocycles. The minimum Gasteiger partial charge on any atom is -0.355 e. The molecule has 0 saturated heterocycles. The minimum absolute atomic E-state index is 0.342. The maximum absolute atomic E-state index is 3.96. The van der Waals surface area contributed by atoms with Crippen LogP contribution < -0.4 is 16.2 Å². The fourth-order valence-electron chi connectivity index (χ4n) is 19.2. The summed E-state index contributed by atoms with van der Waals surface area (Å²) in [6.45, 7) is 2.34. The van der Waals surface area contributed by atoms with Crippen LogP contribution in [-0.4, -0.2) is 7.28 Å². The SMILES string of the molecule is Cc1cc(-c2c(Nc3ccc(-c4ccccc4)cc3)ccc3ccccc23)c2c(c1)C1Cc3ccc(C45CC6CC7CC(C4)C76C5)cc3-c3cc(C45CC6CC7CC64C7C5)cc(c31)[B]2. The highest BCUT2D eigenvalue weighted by Gasteiger charge is 2.86. The number of fused-ring (bicyclic) bond motifs is 6. The second kappa shape index (κ2) is 11.4. The first-order valence-electron chi connectivity index (χ1n) is 25.2. The third-order valence-corrected chi connectivity index (χ3v) is 21.6. The Labute approximate surface area is 378 Å². The van der Waals surface area contributed by atoms with E-state index in [1.54, 1.807) is 33.4 Å². The molecule has 1 N–H and O–H groups in total. The van der Waals surface area contributed by atoms with Crippen molar-refractivity contribution in [1.82, 2.24) is 0 Å². The first-order valence-corrected chi connectivity index (χ1v) is 25.2. The van der Waals surface area contributed by atoms with Crippen molar-refractivity contribution in [3.05, 3.63) is 167 Å². The van der Waals surface area contributed by atoms with E-state index in [9.17, 15) is 0 Å². The van der Waals surface area contributed by atoms with Crippen LogP contribution in [0.3, 0.4) is 0 Å². The van der Waals surface area contributed by atoms with Crippen molar-refractivity contribution in [1.29, 1.82) is 0 Å². The van der Waals surface area contributed by atoms with E-state index in [0.29, 0.717) is 22.2 Å². The number of anilines is 2. The van der Waals surface area contributed by atoms with E-state index >= 15 is 0 Å². The van der Waals surface area contributed by atoms with Crippen LogP contribution in [0, 0.1) is 53.3 Å². The van der Waals surface area contributed by atoms with Crippen molar-refractivity contribution in [2.24, 2.45) is 46.3 Å². The molecule has 1 nitrogen and oxygen atoms in total. The van der Waals surface area contributed by atoms with Crippen LogP contribution in [0.5, 0.6) is 0 Å². The number of hydrogen-bond donors (Lipinski definition) is 1. The molecule has 9 saturated carbocycles. The molecule has 18 rings (SSSR count). The van der Waals surface area contributed by atoms with Gasteiger partial charge in [0.2, 0.25) is 0 Å². The van der Waals surface area contributed by atoms with Crippen molar-refractivity contribution < 1.29 is 0 Å². The first-order chi connectivity index (χ1) is 31.4. The van der Waals surface area contributed by atoms with E-state index in [1.807, 2.05) is 0 Å². The van der Waals surface area contributed by atoms with Crippen LogP contribution >= 0.6 is 0 Å². The summed E-state index contributed by atoms with van der Waals surface area (Å²) in [5, 5.41) is 6.56. The van der Waals surface area contributed by atoms with Crippen molar-refractivity contribution in [3.63, 3.8) is 0 Å². The lowest BCUT2D eigenvalue weighted by Crippen LogP contribution is -2.75. The summed E-state index contributed by atoms with van der Waals surface area (Å²) in [7, 11) is 2.68. The summed E-state index contributed by atoms with van der Waals surface area (Å²) in [6.07, 6.45) is 14.5. The quantitative estimate of drug-likeness (QED) is 0.165. The molecule has 7 aromatic carbocycles. The van der Waals surface area contributed by atoms with Gasteiger partial charge in [-0.05, 0) is 207 Å². The van der Waals surface area contributed by atoms with Gasteiger partial charge in [0, 0.05) is 28.3 Å². The van der Waals surface area contributed by atoms with E-state index < -0.39 is 0 Å². The monoisotopic (exact) mass is 822 g/mol. The van der Waals surface area contributed by atoms with Crippen LogP contribution in [0.4, 0.5) is 11.4 Å². The summed E-state index contributed by atoms with van der Waals surface area (Å²) in [5.74, 6) is 6.44. The van der Waals surface area contributed by atoms with Gasteiger partial charge >= 0.3 is 0 Å². The summed E-state index contributed by atoms with van der Waals surface area (Å²) in [4.78, 5) is 0. The van der Waals surface area contributed by atoms with E-state index in [1.165, 1.54) is 119 Å². The number of aryl methyl sites for hydroxylation is 1. The van der Waals surface area contributed by atoms with Crippen molar-refractivity contribution in [3.8, 4) is 33.4 Å². The molecule has 9 fully saturated rings. The van der Waals surface area contributed by atoms with Crippen molar-refractivity contribution in [2.45, 2.75) is 87.9 Å². The molecule has 64 heavy (non-hydrogen) atoms. The van der Waals surface area contributed by atoms with Gasteiger partial charge in [-0.15, -0.1) is 0 Å². The second-order valence-corrected chi connectivity index (χ2v) is 23.5. The number of nitrogens with one attached hydrogen (secondary N) is 1. The van der Waals surface area contributed by atoms with Crippen LogP contribution in [0.15, 0.2) is 133 Å². The molecule has 2 spiro atoms. The van der Waals surface area contributed by atoms with Crippen LogP contribution in [0.1, 0.15) is 97.1 Å². The van der Waals surface area contributed by atoms with Crippen LogP contribution in [0.25, 0.3) is 44.2 Å². The maximum atomic E-state index is 3.96. The molecule has 309 valence electrons. The highest BCUT2D eigenvalue weighted by atomic mass is 14.9. The molecule has 1 radical (unpaired) electrons. The van der Waals surface area contributed by atoms with Gasteiger partial charge < -0.3 is 5.32 Å². The fraction of sp³-hybridized carbons (Fsp3) is 0.355. The molecule has 2 heteroatoms. The summed E-state index contributed by atoms with van der Waals surface area (Å²) >= 11 is 0. The molecule has 1 aliphatic heterocycles. The van der Waals surface area contributed by atoms with E-state index in [0.717, 1.165) is 53.0 Å². The summed E-state index contributed by atoms with van der Waals surface area (Å²) in [6, 6.07) is 52.1. The normalized spacial score (nSPS) is 35.8. The average molecular weight is 823 g/mol. The van der Waals surface area contributed by atoms with Gasteiger partial charge in [-0.2, -0.15) is 0 Å². The van der Waals surface area contributed by atoms with Gasteiger partial charge in [-0.1, -0.05) is 132 Å².